The van der Waals surface area contributed by atoms with Gasteiger partial charge in [-0.3, -0.25) is 14.7 Å². The van der Waals surface area contributed by atoms with Crippen LogP contribution in [0, 0.1) is 12.8 Å². The molecule has 0 radical (unpaired) electrons. The van der Waals surface area contributed by atoms with E-state index in [2.05, 4.69) is 39.1 Å². The van der Waals surface area contributed by atoms with E-state index < -0.39 is 0 Å². The standard InChI is InChI=1S/C26H34N4O2/c1-19-15-28-25(16-27-19)26(31)30(18-24-7-4-12-32-24)17-20-8-10-29(11-9-20)23-13-21-5-2-3-6-22(21)14-23/h2-3,5-6,15-16,20,23-24H,4,7-14,17-18H2,1H3. The van der Waals surface area contributed by atoms with E-state index in [9.17, 15) is 4.79 Å². The summed E-state index contributed by atoms with van der Waals surface area (Å²) in [6, 6.07) is 9.52. The van der Waals surface area contributed by atoms with Crippen LogP contribution in [0.5, 0.6) is 0 Å². The summed E-state index contributed by atoms with van der Waals surface area (Å²) in [5.41, 5.74) is 4.31. The SMILES string of the molecule is Cc1cnc(C(=O)N(CC2CCN(C3Cc4ccccc4C3)CC2)CC2CCCO2)cn1. The molecular weight excluding hydrogens is 400 g/mol. The van der Waals surface area contributed by atoms with Crippen LogP contribution in [0.3, 0.4) is 0 Å². The molecule has 0 saturated carbocycles. The minimum atomic E-state index is -0.0123. The van der Waals surface area contributed by atoms with Gasteiger partial charge in [-0.2, -0.15) is 0 Å². The first-order valence-electron chi connectivity index (χ1n) is 12.2. The highest BCUT2D eigenvalue weighted by Crippen LogP contribution is 2.29. The normalized spacial score (nSPS) is 22.2. The summed E-state index contributed by atoms with van der Waals surface area (Å²) in [6.45, 7) is 6.38. The van der Waals surface area contributed by atoms with Crippen LogP contribution in [0.1, 0.15) is 53.0 Å². The van der Waals surface area contributed by atoms with Gasteiger partial charge in [-0.1, -0.05) is 24.3 Å². The smallest absolute Gasteiger partial charge is 0.274 e. The first kappa shape index (κ1) is 21.5. The molecule has 0 spiro atoms. The highest BCUT2D eigenvalue weighted by Gasteiger charge is 2.32. The third-order valence-corrected chi connectivity index (χ3v) is 7.41. The Morgan fingerprint density at radius 3 is 2.44 bits per heavy atom. The van der Waals surface area contributed by atoms with E-state index in [0.29, 0.717) is 24.2 Å². The van der Waals surface area contributed by atoms with Gasteiger partial charge in [0.05, 0.1) is 18.0 Å². The molecule has 3 heterocycles. The molecule has 6 heteroatoms. The van der Waals surface area contributed by atoms with Crippen molar-refractivity contribution in [2.24, 2.45) is 5.92 Å². The molecule has 2 saturated heterocycles. The average molecular weight is 435 g/mol. The molecule has 3 aliphatic rings. The van der Waals surface area contributed by atoms with Crippen molar-refractivity contribution >= 4 is 5.91 Å². The Labute approximate surface area is 191 Å². The molecule has 2 aliphatic heterocycles. The third-order valence-electron chi connectivity index (χ3n) is 7.41. The highest BCUT2D eigenvalue weighted by molar-refractivity contribution is 5.92. The summed E-state index contributed by atoms with van der Waals surface area (Å²) in [5.74, 6) is 0.514. The van der Waals surface area contributed by atoms with Crippen molar-refractivity contribution in [2.75, 3.05) is 32.8 Å². The van der Waals surface area contributed by atoms with Gasteiger partial charge < -0.3 is 9.64 Å². The maximum Gasteiger partial charge on any atom is 0.274 e. The largest absolute Gasteiger partial charge is 0.376 e. The molecule has 170 valence electrons. The molecule has 32 heavy (non-hydrogen) atoms. The molecule has 1 atom stereocenters. The maximum absolute atomic E-state index is 13.3. The summed E-state index contributed by atoms with van der Waals surface area (Å²) in [7, 11) is 0. The predicted molar refractivity (Wildman–Crippen MR) is 124 cm³/mol. The number of hydrogen-bond acceptors (Lipinski definition) is 5. The van der Waals surface area contributed by atoms with Crippen molar-refractivity contribution in [1.82, 2.24) is 19.8 Å². The lowest BCUT2D eigenvalue weighted by Gasteiger charge is -2.38. The summed E-state index contributed by atoms with van der Waals surface area (Å²) in [5, 5.41) is 0. The maximum atomic E-state index is 13.3. The van der Waals surface area contributed by atoms with Crippen LogP contribution in [0.2, 0.25) is 0 Å². The minimum absolute atomic E-state index is 0.0123. The van der Waals surface area contributed by atoms with E-state index >= 15 is 0 Å². The van der Waals surface area contributed by atoms with Gasteiger partial charge in [0.25, 0.3) is 5.91 Å². The number of aromatic nitrogens is 2. The number of carbonyl (C=O) groups excluding carboxylic acids is 1. The Balaban J connectivity index is 1.19. The fraction of sp³-hybridized carbons (Fsp3) is 0.577. The van der Waals surface area contributed by atoms with Crippen LogP contribution in [0.4, 0.5) is 0 Å². The van der Waals surface area contributed by atoms with Crippen molar-refractivity contribution in [3.63, 3.8) is 0 Å². The van der Waals surface area contributed by atoms with E-state index in [-0.39, 0.29) is 12.0 Å². The number of fused-ring (bicyclic) bond motifs is 1. The number of benzene rings is 1. The first-order chi connectivity index (χ1) is 15.7. The molecule has 1 aromatic carbocycles. The van der Waals surface area contributed by atoms with E-state index in [1.54, 1.807) is 12.4 Å². The number of piperidine rings is 1. The topological polar surface area (TPSA) is 58.6 Å². The predicted octanol–water partition coefficient (Wildman–Crippen LogP) is 3.29. The second-order valence-electron chi connectivity index (χ2n) is 9.70. The van der Waals surface area contributed by atoms with E-state index in [1.807, 2.05) is 11.8 Å². The van der Waals surface area contributed by atoms with Gasteiger partial charge >= 0.3 is 0 Å². The summed E-state index contributed by atoms with van der Waals surface area (Å²) in [6.07, 6.45) is 10.2. The van der Waals surface area contributed by atoms with E-state index in [1.165, 1.54) is 24.0 Å². The van der Waals surface area contributed by atoms with Gasteiger partial charge in [-0.05, 0) is 75.6 Å². The van der Waals surface area contributed by atoms with E-state index in [0.717, 1.165) is 57.6 Å². The van der Waals surface area contributed by atoms with Gasteiger partial charge in [-0.25, -0.2) is 4.98 Å². The zero-order valence-corrected chi connectivity index (χ0v) is 19.1. The van der Waals surface area contributed by atoms with Crippen LogP contribution in [0.25, 0.3) is 0 Å². The molecule has 1 aromatic heterocycles. The lowest BCUT2D eigenvalue weighted by Crippen LogP contribution is -2.46. The zero-order chi connectivity index (χ0) is 21.9. The van der Waals surface area contributed by atoms with E-state index in [4.69, 9.17) is 4.74 Å². The van der Waals surface area contributed by atoms with Crippen molar-refractivity contribution in [3.8, 4) is 0 Å². The second kappa shape index (κ2) is 9.67. The molecule has 1 amide bonds. The minimum Gasteiger partial charge on any atom is -0.376 e. The molecule has 1 unspecified atom stereocenters. The van der Waals surface area contributed by atoms with Crippen LogP contribution < -0.4 is 0 Å². The van der Waals surface area contributed by atoms with Crippen molar-refractivity contribution < 1.29 is 9.53 Å². The number of likely N-dealkylation sites (tertiary alicyclic amines) is 1. The zero-order valence-electron chi connectivity index (χ0n) is 19.1. The lowest BCUT2D eigenvalue weighted by atomic mass is 9.94. The fourth-order valence-electron chi connectivity index (χ4n) is 5.55. The van der Waals surface area contributed by atoms with Crippen LogP contribution in [-0.4, -0.2) is 70.6 Å². The van der Waals surface area contributed by atoms with Gasteiger partial charge in [0.2, 0.25) is 0 Å². The third kappa shape index (κ3) is 4.86. The van der Waals surface area contributed by atoms with Crippen LogP contribution in [-0.2, 0) is 17.6 Å². The Morgan fingerprint density at radius 2 is 1.81 bits per heavy atom. The monoisotopic (exact) mass is 434 g/mol. The fourth-order valence-corrected chi connectivity index (χ4v) is 5.55. The summed E-state index contributed by atoms with van der Waals surface area (Å²) < 4.78 is 5.85. The van der Waals surface area contributed by atoms with Crippen LogP contribution >= 0.6 is 0 Å². The number of aryl methyl sites for hydroxylation is 1. The number of rotatable bonds is 6. The second-order valence-corrected chi connectivity index (χ2v) is 9.70. The molecule has 0 N–H and O–H groups in total. The average Bonchev–Trinajstić information content (AvgIpc) is 3.49. The van der Waals surface area contributed by atoms with Crippen molar-refractivity contribution in [3.05, 3.63) is 59.2 Å². The van der Waals surface area contributed by atoms with Crippen LogP contribution in [0.15, 0.2) is 36.7 Å². The summed E-state index contributed by atoms with van der Waals surface area (Å²) in [4.78, 5) is 26.6. The molecule has 6 nitrogen and oxygen atoms in total. The molecule has 2 aromatic rings. The molecule has 2 fully saturated rings. The van der Waals surface area contributed by atoms with Gasteiger partial charge in [0.15, 0.2) is 0 Å². The molecule has 5 rings (SSSR count). The Bertz CT molecular complexity index is 893. The van der Waals surface area contributed by atoms with Gasteiger partial charge in [-0.15, -0.1) is 0 Å². The number of carbonyl (C=O) groups is 1. The highest BCUT2D eigenvalue weighted by atomic mass is 16.5. The first-order valence-corrected chi connectivity index (χ1v) is 12.2. The molecular formula is C26H34N4O2. The van der Waals surface area contributed by atoms with Crippen molar-refractivity contribution in [1.29, 1.82) is 0 Å². The molecule has 1 aliphatic carbocycles. The Kier molecular flexibility index (Phi) is 6.51. The summed E-state index contributed by atoms with van der Waals surface area (Å²) >= 11 is 0. The lowest BCUT2D eigenvalue weighted by molar-refractivity contribution is 0.0425. The number of nitrogens with zero attached hydrogens (tertiary/aromatic N) is 4. The van der Waals surface area contributed by atoms with Gasteiger partial charge in [0, 0.05) is 31.9 Å². The number of hydrogen-bond donors (Lipinski definition) is 0. The van der Waals surface area contributed by atoms with Crippen molar-refractivity contribution in [2.45, 2.75) is 57.6 Å². The molecule has 0 bridgehead atoms. The Morgan fingerprint density at radius 1 is 1.06 bits per heavy atom. The van der Waals surface area contributed by atoms with Gasteiger partial charge in [0.1, 0.15) is 5.69 Å². The number of ether oxygens (including phenoxy) is 1. The quantitative estimate of drug-likeness (QED) is 0.698. The number of amides is 1. The Hall–Kier alpha value is -2.31.